The lowest BCUT2D eigenvalue weighted by Gasteiger charge is -2.08. The van der Waals surface area contributed by atoms with Gasteiger partial charge in [-0.3, -0.25) is 10.1 Å². The molecule has 0 saturated carbocycles. The van der Waals surface area contributed by atoms with E-state index in [1.54, 1.807) is 24.3 Å². The summed E-state index contributed by atoms with van der Waals surface area (Å²) in [6.07, 6.45) is 0. The van der Waals surface area contributed by atoms with Crippen LogP contribution in [-0.4, -0.2) is 30.7 Å². The molecule has 2 rings (SSSR count). The Morgan fingerprint density at radius 1 is 1.08 bits per heavy atom. The third-order valence-corrected chi connectivity index (χ3v) is 3.77. The normalized spacial score (nSPS) is 10.2. The summed E-state index contributed by atoms with van der Waals surface area (Å²) in [6.45, 7) is 2.68. The number of carbonyl (C=O) groups excluding carboxylic acids is 1. The molecule has 0 fully saturated rings. The van der Waals surface area contributed by atoms with Crippen LogP contribution in [0.5, 0.6) is 11.5 Å². The lowest BCUT2D eigenvalue weighted by molar-refractivity contribution is -0.385. The first-order valence-corrected chi connectivity index (χ1v) is 8.27. The quantitative estimate of drug-likeness (QED) is 0.283. The van der Waals surface area contributed by atoms with Crippen molar-refractivity contribution in [1.29, 1.82) is 0 Å². The number of hydrogen-bond donors (Lipinski definition) is 0. The van der Waals surface area contributed by atoms with E-state index in [2.05, 4.69) is 15.9 Å². The van der Waals surface area contributed by atoms with E-state index in [-0.39, 0.29) is 24.5 Å². The maximum atomic E-state index is 11.9. The van der Waals surface area contributed by atoms with E-state index in [1.807, 2.05) is 6.92 Å². The number of halogens is 1. The minimum absolute atomic E-state index is 0.0237. The molecule has 0 unspecified atom stereocenters. The molecule has 2 aromatic rings. The van der Waals surface area contributed by atoms with Crippen molar-refractivity contribution in [3.8, 4) is 11.5 Å². The summed E-state index contributed by atoms with van der Waals surface area (Å²) in [5.41, 5.74) is -0.0870. The number of nitro benzene ring substituents is 1. The monoisotopic (exact) mass is 409 g/mol. The number of hydrogen-bond acceptors (Lipinski definition) is 6. The molecule has 7 nitrogen and oxygen atoms in total. The molecule has 0 amide bonds. The van der Waals surface area contributed by atoms with Crippen molar-refractivity contribution < 1.29 is 23.9 Å². The predicted molar refractivity (Wildman–Crippen MR) is 94.2 cm³/mol. The van der Waals surface area contributed by atoms with Crippen molar-refractivity contribution in [3.63, 3.8) is 0 Å². The van der Waals surface area contributed by atoms with Crippen LogP contribution in [0.1, 0.15) is 17.3 Å². The van der Waals surface area contributed by atoms with Crippen LogP contribution in [0, 0.1) is 10.1 Å². The molecule has 8 heteroatoms. The zero-order valence-electron chi connectivity index (χ0n) is 13.4. The van der Waals surface area contributed by atoms with Gasteiger partial charge in [0, 0.05) is 6.07 Å². The Morgan fingerprint density at radius 2 is 1.72 bits per heavy atom. The minimum Gasteiger partial charge on any atom is -0.494 e. The van der Waals surface area contributed by atoms with Gasteiger partial charge in [0.1, 0.15) is 24.7 Å². The number of rotatable bonds is 8. The second-order valence-electron chi connectivity index (χ2n) is 4.81. The van der Waals surface area contributed by atoms with Crippen molar-refractivity contribution >= 4 is 27.6 Å². The van der Waals surface area contributed by atoms with Crippen molar-refractivity contribution in [2.24, 2.45) is 0 Å². The summed E-state index contributed by atoms with van der Waals surface area (Å²) in [4.78, 5) is 22.2. The molecule has 0 heterocycles. The summed E-state index contributed by atoms with van der Waals surface area (Å²) >= 11 is 3.06. The predicted octanol–water partition coefficient (Wildman–Crippen LogP) is 3.99. The Bertz CT molecular complexity index is 747. The standard InChI is InChI=1S/C17H16BrNO6/c1-2-23-13-4-6-14(7-5-13)24-9-10-25-17(20)12-3-8-15(18)16(11-12)19(21)22/h3-8,11H,2,9-10H2,1H3. The van der Waals surface area contributed by atoms with Gasteiger partial charge < -0.3 is 14.2 Å². The molecule has 0 radical (unpaired) electrons. The molecule has 2 aromatic carbocycles. The lowest BCUT2D eigenvalue weighted by Crippen LogP contribution is -2.12. The Labute approximate surface area is 152 Å². The smallest absolute Gasteiger partial charge is 0.338 e. The van der Waals surface area contributed by atoms with Gasteiger partial charge in [-0.05, 0) is 59.3 Å². The molecule has 0 aliphatic rings. The molecule has 0 N–H and O–H groups in total. The molecule has 0 saturated heterocycles. The number of benzene rings is 2. The number of ether oxygens (including phenoxy) is 3. The second kappa shape index (κ2) is 9.03. The molecular formula is C17H16BrNO6. The van der Waals surface area contributed by atoms with Crippen LogP contribution >= 0.6 is 15.9 Å². The first kappa shape index (κ1) is 18.7. The van der Waals surface area contributed by atoms with Crippen molar-refractivity contribution in [2.75, 3.05) is 19.8 Å². The van der Waals surface area contributed by atoms with E-state index in [0.717, 1.165) is 5.75 Å². The number of esters is 1. The molecule has 132 valence electrons. The van der Waals surface area contributed by atoms with Gasteiger partial charge in [-0.15, -0.1) is 0 Å². The first-order chi connectivity index (χ1) is 12.0. The van der Waals surface area contributed by atoms with Gasteiger partial charge in [0.25, 0.3) is 5.69 Å². The molecule has 0 bridgehead atoms. The highest BCUT2D eigenvalue weighted by molar-refractivity contribution is 9.10. The van der Waals surface area contributed by atoms with E-state index in [4.69, 9.17) is 14.2 Å². The molecule has 0 aliphatic carbocycles. The van der Waals surface area contributed by atoms with E-state index >= 15 is 0 Å². The van der Waals surface area contributed by atoms with E-state index in [0.29, 0.717) is 16.8 Å². The summed E-state index contributed by atoms with van der Waals surface area (Å²) < 4.78 is 16.1. The van der Waals surface area contributed by atoms with Crippen LogP contribution in [0.25, 0.3) is 0 Å². The Balaban J connectivity index is 1.82. The van der Waals surface area contributed by atoms with E-state index < -0.39 is 10.9 Å². The Hall–Kier alpha value is -2.61. The van der Waals surface area contributed by atoms with Crippen LogP contribution in [0.2, 0.25) is 0 Å². The van der Waals surface area contributed by atoms with Crippen molar-refractivity contribution in [3.05, 3.63) is 62.6 Å². The van der Waals surface area contributed by atoms with Crippen LogP contribution in [0.3, 0.4) is 0 Å². The molecule has 25 heavy (non-hydrogen) atoms. The van der Waals surface area contributed by atoms with Crippen LogP contribution < -0.4 is 9.47 Å². The minimum atomic E-state index is -0.647. The summed E-state index contributed by atoms with van der Waals surface area (Å²) in [6, 6.07) is 11.1. The molecule has 0 aromatic heterocycles. The molecule has 0 atom stereocenters. The van der Waals surface area contributed by atoms with E-state index in [9.17, 15) is 14.9 Å². The number of nitro groups is 1. The lowest BCUT2D eigenvalue weighted by atomic mass is 10.2. The highest BCUT2D eigenvalue weighted by Gasteiger charge is 2.16. The number of nitrogens with zero attached hydrogens (tertiary/aromatic N) is 1. The zero-order valence-corrected chi connectivity index (χ0v) is 15.0. The highest BCUT2D eigenvalue weighted by atomic mass is 79.9. The van der Waals surface area contributed by atoms with Crippen molar-refractivity contribution in [1.82, 2.24) is 0 Å². The van der Waals surface area contributed by atoms with Gasteiger partial charge in [-0.2, -0.15) is 0 Å². The fourth-order valence-corrected chi connectivity index (χ4v) is 2.35. The zero-order chi connectivity index (χ0) is 18.2. The fourth-order valence-electron chi connectivity index (χ4n) is 1.96. The SMILES string of the molecule is CCOc1ccc(OCCOC(=O)c2ccc(Br)c([N+](=O)[O-])c2)cc1. The van der Waals surface area contributed by atoms with Gasteiger partial charge in [-0.25, -0.2) is 4.79 Å². The molecular weight excluding hydrogens is 394 g/mol. The van der Waals surface area contributed by atoms with Gasteiger partial charge >= 0.3 is 5.97 Å². The Morgan fingerprint density at radius 3 is 2.32 bits per heavy atom. The Kier molecular flexibility index (Phi) is 6.76. The summed E-state index contributed by atoms with van der Waals surface area (Å²) in [5.74, 6) is 0.725. The third-order valence-electron chi connectivity index (χ3n) is 3.10. The maximum Gasteiger partial charge on any atom is 0.338 e. The van der Waals surface area contributed by atoms with Crippen molar-refractivity contribution in [2.45, 2.75) is 6.92 Å². The van der Waals surface area contributed by atoms with Gasteiger partial charge in [-0.1, -0.05) is 0 Å². The van der Waals surface area contributed by atoms with Crippen LogP contribution in [0.15, 0.2) is 46.9 Å². The van der Waals surface area contributed by atoms with Crippen LogP contribution in [-0.2, 0) is 4.74 Å². The molecule has 0 spiro atoms. The maximum absolute atomic E-state index is 11.9. The van der Waals surface area contributed by atoms with Gasteiger partial charge in [0.05, 0.1) is 21.6 Å². The topological polar surface area (TPSA) is 87.9 Å². The van der Waals surface area contributed by atoms with Gasteiger partial charge in [0.2, 0.25) is 0 Å². The third kappa shape index (κ3) is 5.46. The summed E-state index contributed by atoms with van der Waals surface area (Å²) in [7, 11) is 0. The average molecular weight is 410 g/mol. The molecule has 0 aliphatic heterocycles. The number of carbonyl (C=O) groups is 1. The second-order valence-corrected chi connectivity index (χ2v) is 5.67. The fraction of sp³-hybridized carbons (Fsp3) is 0.235. The van der Waals surface area contributed by atoms with Crippen LogP contribution in [0.4, 0.5) is 5.69 Å². The largest absolute Gasteiger partial charge is 0.494 e. The van der Waals surface area contributed by atoms with Gasteiger partial charge in [0.15, 0.2) is 0 Å². The highest BCUT2D eigenvalue weighted by Crippen LogP contribution is 2.26. The summed E-state index contributed by atoms with van der Waals surface area (Å²) in [5, 5.41) is 10.9. The first-order valence-electron chi connectivity index (χ1n) is 7.48. The van der Waals surface area contributed by atoms with E-state index in [1.165, 1.54) is 18.2 Å². The average Bonchev–Trinajstić information content (AvgIpc) is 2.60.